The van der Waals surface area contributed by atoms with Gasteiger partial charge in [-0.05, 0) is 43.0 Å². The van der Waals surface area contributed by atoms with Gasteiger partial charge >= 0.3 is 0 Å². The zero-order valence-electron chi connectivity index (χ0n) is 11.2. The fraction of sp³-hybridized carbons (Fsp3) is 0.500. The summed E-state index contributed by atoms with van der Waals surface area (Å²) in [7, 11) is 1.58. The van der Waals surface area contributed by atoms with Crippen LogP contribution in [0.3, 0.4) is 0 Å². The topological polar surface area (TPSA) is 35.5 Å². The van der Waals surface area contributed by atoms with E-state index in [2.05, 4.69) is 6.92 Å². The molecule has 0 radical (unpaired) electrons. The monoisotopic (exact) mass is 268 g/mol. The standard InChI is InChI=1S/C14H20O3S/c1-4-18-9-5-8-17-13-7-6-12(11(2)15)10-14(13)16-3/h6-7,10H,4-5,8-9H2,1-3H3. The second-order valence-corrected chi connectivity index (χ2v) is 5.21. The summed E-state index contributed by atoms with van der Waals surface area (Å²) in [5, 5.41) is 0. The fourth-order valence-electron chi connectivity index (χ4n) is 1.49. The predicted octanol–water partition coefficient (Wildman–Crippen LogP) is 3.42. The Hall–Kier alpha value is -1.16. The molecule has 0 atom stereocenters. The van der Waals surface area contributed by atoms with Crippen LogP contribution in [-0.4, -0.2) is 31.0 Å². The summed E-state index contributed by atoms with van der Waals surface area (Å²) in [6.07, 6.45) is 1.01. The summed E-state index contributed by atoms with van der Waals surface area (Å²) in [4.78, 5) is 11.3. The molecule has 18 heavy (non-hydrogen) atoms. The zero-order valence-corrected chi connectivity index (χ0v) is 12.0. The SMILES string of the molecule is CCSCCCOc1ccc(C(C)=O)cc1OC. The van der Waals surface area contributed by atoms with Crippen LogP contribution in [0.5, 0.6) is 11.5 Å². The minimum Gasteiger partial charge on any atom is -0.493 e. The molecule has 1 aromatic carbocycles. The molecule has 0 N–H and O–H groups in total. The Kier molecular flexibility index (Phi) is 6.65. The molecule has 0 saturated carbocycles. The van der Waals surface area contributed by atoms with E-state index in [1.54, 1.807) is 25.3 Å². The Labute approximate surface area is 113 Å². The van der Waals surface area contributed by atoms with Crippen LogP contribution in [-0.2, 0) is 0 Å². The van der Waals surface area contributed by atoms with Gasteiger partial charge in [-0.2, -0.15) is 11.8 Å². The number of rotatable bonds is 8. The first-order valence-corrected chi connectivity index (χ1v) is 7.24. The number of hydrogen-bond donors (Lipinski definition) is 0. The van der Waals surface area contributed by atoms with Crippen molar-refractivity contribution in [3.63, 3.8) is 0 Å². The first-order valence-electron chi connectivity index (χ1n) is 6.08. The van der Waals surface area contributed by atoms with Gasteiger partial charge < -0.3 is 9.47 Å². The Balaban J connectivity index is 2.57. The number of ketones is 1. The Bertz CT molecular complexity index is 391. The lowest BCUT2D eigenvalue weighted by molar-refractivity contribution is 0.101. The van der Waals surface area contributed by atoms with Crippen LogP contribution in [0.2, 0.25) is 0 Å². The van der Waals surface area contributed by atoms with E-state index in [0.29, 0.717) is 23.7 Å². The molecule has 4 heteroatoms. The molecule has 0 fully saturated rings. The molecule has 0 aromatic heterocycles. The zero-order chi connectivity index (χ0) is 13.4. The van der Waals surface area contributed by atoms with E-state index < -0.39 is 0 Å². The van der Waals surface area contributed by atoms with Crippen molar-refractivity contribution in [3.05, 3.63) is 23.8 Å². The van der Waals surface area contributed by atoms with Gasteiger partial charge in [0.2, 0.25) is 0 Å². The third-order valence-corrected chi connectivity index (χ3v) is 3.45. The summed E-state index contributed by atoms with van der Waals surface area (Å²) in [6, 6.07) is 5.28. The summed E-state index contributed by atoms with van der Waals surface area (Å²) < 4.78 is 10.9. The number of benzene rings is 1. The van der Waals surface area contributed by atoms with Crippen LogP contribution in [0.15, 0.2) is 18.2 Å². The maximum absolute atomic E-state index is 11.3. The average Bonchev–Trinajstić information content (AvgIpc) is 2.38. The molecule has 1 rings (SSSR count). The number of carbonyl (C=O) groups is 1. The normalized spacial score (nSPS) is 10.2. The first-order chi connectivity index (χ1) is 8.69. The van der Waals surface area contributed by atoms with E-state index >= 15 is 0 Å². The highest BCUT2D eigenvalue weighted by molar-refractivity contribution is 7.99. The minimum atomic E-state index is 0.0270. The fourth-order valence-corrected chi connectivity index (χ4v) is 2.10. The number of methoxy groups -OCH3 is 1. The third kappa shape index (κ3) is 4.61. The van der Waals surface area contributed by atoms with Crippen molar-refractivity contribution >= 4 is 17.5 Å². The van der Waals surface area contributed by atoms with E-state index in [9.17, 15) is 4.79 Å². The van der Waals surface area contributed by atoms with E-state index in [1.165, 1.54) is 6.92 Å². The van der Waals surface area contributed by atoms with Crippen LogP contribution in [0, 0.1) is 0 Å². The van der Waals surface area contributed by atoms with Gasteiger partial charge in [-0.1, -0.05) is 6.92 Å². The molecular weight excluding hydrogens is 248 g/mol. The van der Waals surface area contributed by atoms with Gasteiger partial charge in [0.05, 0.1) is 13.7 Å². The molecule has 0 saturated heterocycles. The van der Waals surface area contributed by atoms with Gasteiger partial charge in [-0.25, -0.2) is 0 Å². The molecular formula is C14H20O3S. The molecule has 0 unspecified atom stereocenters. The van der Waals surface area contributed by atoms with E-state index in [4.69, 9.17) is 9.47 Å². The number of hydrogen-bond acceptors (Lipinski definition) is 4. The predicted molar refractivity (Wildman–Crippen MR) is 76.1 cm³/mol. The van der Waals surface area contributed by atoms with E-state index in [0.717, 1.165) is 17.9 Å². The van der Waals surface area contributed by atoms with Gasteiger partial charge in [-0.3, -0.25) is 4.79 Å². The number of Topliss-reactive ketones (excluding diaryl/α,β-unsaturated/α-hetero) is 1. The van der Waals surface area contributed by atoms with Crippen molar-refractivity contribution in [3.8, 4) is 11.5 Å². The van der Waals surface area contributed by atoms with Crippen molar-refractivity contribution < 1.29 is 14.3 Å². The molecule has 1 aromatic rings. The minimum absolute atomic E-state index is 0.0270. The van der Waals surface area contributed by atoms with Crippen molar-refractivity contribution in [2.45, 2.75) is 20.3 Å². The summed E-state index contributed by atoms with van der Waals surface area (Å²) >= 11 is 1.90. The summed E-state index contributed by atoms with van der Waals surface area (Å²) in [5.74, 6) is 3.58. The van der Waals surface area contributed by atoms with Crippen molar-refractivity contribution in [1.29, 1.82) is 0 Å². The largest absolute Gasteiger partial charge is 0.493 e. The van der Waals surface area contributed by atoms with Crippen LogP contribution in [0.25, 0.3) is 0 Å². The van der Waals surface area contributed by atoms with Gasteiger partial charge in [0, 0.05) is 5.56 Å². The Morgan fingerprint density at radius 1 is 1.33 bits per heavy atom. The van der Waals surface area contributed by atoms with Gasteiger partial charge in [-0.15, -0.1) is 0 Å². The molecule has 0 bridgehead atoms. The molecule has 3 nitrogen and oxygen atoms in total. The number of ether oxygens (including phenoxy) is 2. The maximum atomic E-state index is 11.3. The van der Waals surface area contributed by atoms with E-state index in [-0.39, 0.29) is 5.78 Å². The van der Waals surface area contributed by atoms with Gasteiger partial charge in [0.1, 0.15) is 0 Å². The Morgan fingerprint density at radius 3 is 2.72 bits per heavy atom. The van der Waals surface area contributed by atoms with Crippen molar-refractivity contribution in [2.24, 2.45) is 0 Å². The first kappa shape index (κ1) is 14.9. The lowest BCUT2D eigenvalue weighted by Gasteiger charge is -2.11. The second kappa shape index (κ2) is 8.03. The molecule has 0 aliphatic rings. The third-order valence-electron chi connectivity index (χ3n) is 2.46. The van der Waals surface area contributed by atoms with E-state index in [1.807, 2.05) is 11.8 Å². The maximum Gasteiger partial charge on any atom is 0.161 e. The van der Waals surface area contributed by atoms with Gasteiger partial charge in [0.25, 0.3) is 0 Å². The van der Waals surface area contributed by atoms with Crippen molar-refractivity contribution in [2.75, 3.05) is 25.2 Å². The van der Waals surface area contributed by atoms with Crippen LogP contribution in [0.1, 0.15) is 30.6 Å². The smallest absolute Gasteiger partial charge is 0.161 e. The molecule has 0 amide bonds. The molecule has 0 spiro atoms. The van der Waals surface area contributed by atoms with Gasteiger partial charge in [0.15, 0.2) is 17.3 Å². The number of carbonyl (C=O) groups excluding carboxylic acids is 1. The number of thioether (sulfide) groups is 1. The molecule has 0 aliphatic heterocycles. The van der Waals surface area contributed by atoms with Crippen molar-refractivity contribution in [1.82, 2.24) is 0 Å². The highest BCUT2D eigenvalue weighted by Gasteiger charge is 2.07. The lowest BCUT2D eigenvalue weighted by Crippen LogP contribution is -2.02. The lowest BCUT2D eigenvalue weighted by atomic mass is 10.1. The Morgan fingerprint density at radius 2 is 2.11 bits per heavy atom. The summed E-state index contributed by atoms with van der Waals surface area (Å²) in [6.45, 7) is 4.36. The highest BCUT2D eigenvalue weighted by atomic mass is 32.2. The summed E-state index contributed by atoms with van der Waals surface area (Å²) in [5.41, 5.74) is 0.640. The average molecular weight is 268 g/mol. The molecule has 0 aliphatic carbocycles. The molecule has 0 heterocycles. The van der Waals surface area contributed by atoms with Crippen LogP contribution in [0.4, 0.5) is 0 Å². The highest BCUT2D eigenvalue weighted by Crippen LogP contribution is 2.28. The van der Waals surface area contributed by atoms with Crippen LogP contribution >= 0.6 is 11.8 Å². The van der Waals surface area contributed by atoms with Crippen LogP contribution < -0.4 is 9.47 Å². The quantitative estimate of drug-likeness (QED) is 0.534. The molecule has 100 valence electrons. The second-order valence-electron chi connectivity index (χ2n) is 3.82.